The molecule has 128 valence electrons. The van der Waals surface area contributed by atoms with Crippen LogP contribution in [0.2, 0.25) is 0 Å². The van der Waals surface area contributed by atoms with Crippen molar-refractivity contribution in [2.75, 3.05) is 6.61 Å². The molecule has 0 amide bonds. The third-order valence-corrected chi connectivity index (χ3v) is 4.28. The summed E-state index contributed by atoms with van der Waals surface area (Å²) < 4.78 is 11.1. The molecule has 1 heterocycles. The Morgan fingerprint density at radius 1 is 1.12 bits per heavy atom. The summed E-state index contributed by atoms with van der Waals surface area (Å²) in [6.07, 6.45) is 0. The largest absolute Gasteiger partial charge is 0.494 e. The molecule has 0 bridgehead atoms. The number of ether oxygens (including phenoxy) is 2. The molecule has 0 aliphatic carbocycles. The van der Waals surface area contributed by atoms with E-state index in [-0.39, 0.29) is 5.56 Å². The van der Waals surface area contributed by atoms with Crippen molar-refractivity contribution in [3.05, 3.63) is 64.5 Å². The molecule has 0 spiro atoms. The Hall–Kier alpha value is -2.86. The maximum atomic E-state index is 11.0. The second-order valence-corrected chi connectivity index (χ2v) is 6.15. The smallest absolute Gasteiger partial charge is 0.335 e. The lowest BCUT2D eigenvalue weighted by Gasteiger charge is -2.05. The van der Waals surface area contributed by atoms with Gasteiger partial charge in [-0.05, 0) is 49.4 Å². The molecule has 5 nitrogen and oxygen atoms in total. The summed E-state index contributed by atoms with van der Waals surface area (Å²) in [5, 5.41) is 11.8. The quantitative estimate of drug-likeness (QED) is 0.676. The Kier molecular flexibility index (Phi) is 5.30. The SMILES string of the molecule is CCOc1ccc(-c2csc(COc3cccc(C(=O)O)c3)n2)cc1. The van der Waals surface area contributed by atoms with E-state index in [1.165, 1.54) is 23.5 Å². The van der Waals surface area contributed by atoms with Crippen molar-refractivity contribution in [2.24, 2.45) is 0 Å². The van der Waals surface area contributed by atoms with Gasteiger partial charge in [-0.25, -0.2) is 9.78 Å². The lowest BCUT2D eigenvalue weighted by Crippen LogP contribution is -1.99. The van der Waals surface area contributed by atoms with E-state index in [0.717, 1.165) is 22.0 Å². The van der Waals surface area contributed by atoms with Crippen LogP contribution in [0, 0.1) is 0 Å². The minimum absolute atomic E-state index is 0.201. The summed E-state index contributed by atoms with van der Waals surface area (Å²) in [6.45, 7) is 2.89. The zero-order chi connectivity index (χ0) is 17.6. The van der Waals surface area contributed by atoms with Crippen LogP contribution < -0.4 is 9.47 Å². The highest BCUT2D eigenvalue weighted by molar-refractivity contribution is 7.09. The third kappa shape index (κ3) is 4.36. The van der Waals surface area contributed by atoms with E-state index < -0.39 is 5.97 Å². The molecule has 0 unspecified atom stereocenters. The van der Waals surface area contributed by atoms with E-state index in [1.54, 1.807) is 12.1 Å². The van der Waals surface area contributed by atoms with Crippen molar-refractivity contribution in [1.29, 1.82) is 0 Å². The Morgan fingerprint density at radius 3 is 2.64 bits per heavy atom. The van der Waals surface area contributed by atoms with Crippen molar-refractivity contribution in [3.63, 3.8) is 0 Å². The topological polar surface area (TPSA) is 68.7 Å². The molecule has 1 N–H and O–H groups in total. The average molecular weight is 355 g/mol. The number of nitrogens with zero attached hydrogens (tertiary/aromatic N) is 1. The van der Waals surface area contributed by atoms with Crippen LogP contribution in [0.1, 0.15) is 22.3 Å². The van der Waals surface area contributed by atoms with Crippen LogP contribution in [-0.4, -0.2) is 22.7 Å². The molecule has 1 aromatic heterocycles. The maximum absolute atomic E-state index is 11.0. The second kappa shape index (κ2) is 7.81. The molecular weight excluding hydrogens is 338 g/mol. The van der Waals surface area contributed by atoms with Crippen LogP contribution in [-0.2, 0) is 6.61 Å². The van der Waals surface area contributed by atoms with Gasteiger partial charge in [-0.15, -0.1) is 11.3 Å². The van der Waals surface area contributed by atoms with E-state index in [2.05, 4.69) is 4.98 Å². The summed E-state index contributed by atoms with van der Waals surface area (Å²) in [4.78, 5) is 15.5. The van der Waals surface area contributed by atoms with Crippen LogP contribution in [0.15, 0.2) is 53.9 Å². The Labute approximate surface area is 149 Å². The number of rotatable bonds is 7. The van der Waals surface area contributed by atoms with Crippen LogP contribution >= 0.6 is 11.3 Å². The highest BCUT2D eigenvalue weighted by Crippen LogP contribution is 2.25. The second-order valence-electron chi connectivity index (χ2n) is 5.21. The summed E-state index contributed by atoms with van der Waals surface area (Å²) in [5.41, 5.74) is 2.09. The van der Waals surface area contributed by atoms with Gasteiger partial charge >= 0.3 is 5.97 Å². The predicted octanol–water partition coefficient (Wildman–Crippen LogP) is 4.49. The van der Waals surface area contributed by atoms with E-state index >= 15 is 0 Å². The Bertz CT molecular complexity index is 858. The van der Waals surface area contributed by atoms with Crippen LogP contribution in [0.5, 0.6) is 11.5 Å². The van der Waals surface area contributed by atoms with Gasteiger partial charge in [0.25, 0.3) is 0 Å². The van der Waals surface area contributed by atoms with Gasteiger partial charge in [0.05, 0.1) is 17.9 Å². The minimum Gasteiger partial charge on any atom is -0.494 e. The van der Waals surface area contributed by atoms with Gasteiger partial charge < -0.3 is 14.6 Å². The van der Waals surface area contributed by atoms with Gasteiger partial charge in [0.15, 0.2) is 0 Å². The molecule has 0 aliphatic rings. The van der Waals surface area contributed by atoms with Crippen LogP contribution in [0.25, 0.3) is 11.3 Å². The standard InChI is InChI=1S/C19H17NO4S/c1-2-23-15-8-6-13(7-9-15)17-12-25-18(20-17)11-24-16-5-3-4-14(10-16)19(21)22/h3-10,12H,2,11H2,1H3,(H,21,22). The van der Waals surface area contributed by atoms with E-state index in [1.807, 2.05) is 36.6 Å². The molecule has 3 rings (SSSR count). The first-order chi connectivity index (χ1) is 12.2. The molecule has 0 fully saturated rings. The van der Waals surface area contributed by atoms with Crippen LogP contribution in [0.4, 0.5) is 0 Å². The highest BCUT2D eigenvalue weighted by atomic mass is 32.1. The zero-order valence-electron chi connectivity index (χ0n) is 13.6. The number of benzene rings is 2. The molecule has 0 saturated carbocycles. The van der Waals surface area contributed by atoms with Crippen molar-refractivity contribution >= 4 is 17.3 Å². The maximum Gasteiger partial charge on any atom is 0.335 e. The number of carbonyl (C=O) groups is 1. The normalized spacial score (nSPS) is 10.4. The number of hydrogen-bond acceptors (Lipinski definition) is 5. The van der Waals surface area contributed by atoms with E-state index in [9.17, 15) is 4.79 Å². The van der Waals surface area contributed by atoms with Crippen molar-refractivity contribution in [3.8, 4) is 22.8 Å². The van der Waals surface area contributed by atoms with Crippen molar-refractivity contribution < 1.29 is 19.4 Å². The molecule has 0 radical (unpaired) electrons. The molecule has 0 atom stereocenters. The first kappa shape index (κ1) is 17.0. The highest BCUT2D eigenvalue weighted by Gasteiger charge is 2.07. The van der Waals surface area contributed by atoms with Gasteiger partial charge in [-0.1, -0.05) is 6.07 Å². The molecular formula is C19H17NO4S. The fraction of sp³-hybridized carbons (Fsp3) is 0.158. The predicted molar refractivity (Wildman–Crippen MR) is 96.5 cm³/mol. The molecule has 3 aromatic rings. The minimum atomic E-state index is -0.975. The van der Waals surface area contributed by atoms with Crippen LogP contribution in [0.3, 0.4) is 0 Å². The number of thiazole rings is 1. The summed E-state index contributed by atoms with van der Waals surface area (Å²) in [5.74, 6) is 0.374. The molecule has 0 saturated heterocycles. The number of hydrogen-bond donors (Lipinski definition) is 1. The first-order valence-corrected chi connectivity index (χ1v) is 8.67. The summed E-state index contributed by atoms with van der Waals surface area (Å²) >= 11 is 1.50. The number of aromatic carboxylic acids is 1. The number of aromatic nitrogens is 1. The average Bonchev–Trinajstić information content (AvgIpc) is 3.10. The molecule has 6 heteroatoms. The summed E-state index contributed by atoms with van der Waals surface area (Å²) in [7, 11) is 0. The molecule has 2 aromatic carbocycles. The molecule has 25 heavy (non-hydrogen) atoms. The number of carboxylic acid groups (broad SMARTS) is 1. The fourth-order valence-corrected chi connectivity index (χ4v) is 2.98. The molecule has 0 aliphatic heterocycles. The lowest BCUT2D eigenvalue weighted by atomic mass is 10.2. The summed E-state index contributed by atoms with van der Waals surface area (Å²) in [6, 6.07) is 14.2. The Balaban J connectivity index is 1.65. The van der Waals surface area contributed by atoms with Gasteiger partial charge in [-0.2, -0.15) is 0 Å². The Morgan fingerprint density at radius 2 is 1.92 bits per heavy atom. The van der Waals surface area contributed by atoms with Gasteiger partial charge in [0, 0.05) is 10.9 Å². The number of carboxylic acids is 1. The van der Waals surface area contributed by atoms with E-state index in [4.69, 9.17) is 14.6 Å². The monoisotopic (exact) mass is 355 g/mol. The van der Waals surface area contributed by atoms with Crippen molar-refractivity contribution in [1.82, 2.24) is 4.98 Å². The van der Waals surface area contributed by atoms with Crippen molar-refractivity contribution in [2.45, 2.75) is 13.5 Å². The first-order valence-electron chi connectivity index (χ1n) is 7.79. The third-order valence-electron chi connectivity index (χ3n) is 3.46. The fourth-order valence-electron chi connectivity index (χ4n) is 2.26. The lowest BCUT2D eigenvalue weighted by molar-refractivity contribution is 0.0696. The van der Waals surface area contributed by atoms with Gasteiger partial charge in [0.1, 0.15) is 23.1 Å². The van der Waals surface area contributed by atoms with Gasteiger partial charge in [-0.3, -0.25) is 0 Å². The van der Waals surface area contributed by atoms with E-state index in [0.29, 0.717) is 19.0 Å². The zero-order valence-corrected chi connectivity index (χ0v) is 14.5. The van der Waals surface area contributed by atoms with Gasteiger partial charge in [0.2, 0.25) is 0 Å².